The molecule has 0 bridgehead atoms. The molecule has 15 heavy (non-hydrogen) atoms. The first-order valence-corrected chi connectivity index (χ1v) is 4.73. The van der Waals surface area contributed by atoms with Crippen LogP contribution in [0.2, 0.25) is 0 Å². The highest BCUT2D eigenvalue weighted by Crippen LogP contribution is 2.15. The highest BCUT2D eigenvalue weighted by molar-refractivity contribution is 5.96. The maximum Gasteiger partial charge on any atom is 0.275 e. The maximum atomic E-state index is 11.7. The van der Waals surface area contributed by atoms with E-state index in [4.69, 9.17) is 0 Å². The summed E-state index contributed by atoms with van der Waals surface area (Å²) in [5, 5.41) is 0. The van der Waals surface area contributed by atoms with Crippen LogP contribution in [0.3, 0.4) is 0 Å². The minimum atomic E-state index is -0.215. The largest absolute Gasteiger partial charge is 0.277 e. The van der Waals surface area contributed by atoms with E-state index in [1.165, 1.54) is 7.11 Å². The van der Waals surface area contributed by atoms with Gasteiger partial charge in [0.15, 0.2) is 0 Å². The molecule has 0 aliphatic heterocycles. The first-order chi connectivity index (χ1) is 7.20. The molecule has 1 rings (SSSR count). The van der Waals surface area contributed by atoms with E-state index in [0.717, 1.165) is 11.1 Å². The van der Waals surface area contributed by atoms with Gasteiger partial charge in [-0.05, 0) is 24.5 Å². The van der Waals surface area contributed by atoms with Crippen LogP contribution in [0.15, 0.2) is 30.9 Å². The lowest BCUT2D eigenvalue weighted by molar-refractivity contribution is 0.0536. The summed E-state index contributed by atoms with van der Waals surface area (Å²) in [5.41, 5.74) is 4.89. The Kier molecular flexibility index (Phi) is 4.06. The number of benzene rings is 1. The zero-order valence-corrected chi connectivity index (χ0v) is 9.04. The number of rotatable bonds is 4. The molecule has 0 aliphatic carbocycles. The summed E-state index contributed by atoms with van der Waals surface area (Å²) in [6.45, 7) is 5.57. The van der Waals surface area contributed by atoms with Crippen LogP contribution in [-0.2, 0) is 11.3 Å². The SMILES string of the molecule is C=CCc1cccc(C)c1C(=O)NOC. The van der Waals surface area contributed by atoms with Crippen molar-refractivity contribution in [1.82, 2.24) is 5.48 Å². The van der Waals surface area contributed by atoms with E-state index in [1.807, 2.05) is 25.1 Å². The molecule has 0 radical (unpaired) electrons. The van der Waals surface area contributed by atoms with Crippen molar-refractivity contribution in [3.63, 3.8) is 0 Å². The number of nitrogens with one attached hydrogen (secondary N) is 1. The van der Waals surface area contributed by atoms with Crippen LogP contribution in [0.1, 0.15) is 21.5 Å². The zero-order valence-electron chi connectivity index (χ0n) is 9.04. The van der Waals surface area contributed by atoms with Crippen molar-refractivity contribution in [2.45, 2.75) is 13.3 Å². The fourth-order valence-corrected chi connectivity index (χ4v) is 1.52. The molecule has 1 aromatic rings. The molecule has 0 saturated carbocycles. The van der Waals surface area contributed by atoms with Gasteiger partial charge in [0.2, 0.25) is 0 Å². The van der Waals surface area contributed by atoms with Gasteiger partial charge < -0.3 is 0 Å². The van der Waals surface area contributed by atoms with Crippen molar-refractivity contribution >= 4 is 5.91 Å². The monoisotopic (exact) mass is 205 g/mol. The third-order valence-electron chi connectivity index (χ3n) is 2.15. The summed E-state index contributed by atoms with van der Waals surface area (Å²) in [7, 11) is 1.42. The Morgan fingerprint density at radius 3 is 2.93 bits per heavy atom. The fraction of sp³-hybridized carbons (Fsp3) is 0.250. The van der Waals surface area contributed by atoms with Crippen LogP contribution in [0.5, 0.6) is 0 Å². The second-order valence-corrected chi connectivity index (χ2v) is 3.24. The molecule has 0 saturated heterocycles. The van der Waals surface area contributed by atoms with E-state index >= 15 is 0 Å². The molecular formula is C12H15NO2. The lowest BCUT2D eigenvalue weighted by Gasteiger charge is -2.10. The molecule has 3 heteroatoms. The van der Waals surface area contributed by atoms with Gasteiger partial charge in [-0.3, -0.25) is 9.63 Å². The van der Waals surface area contributed by atoms with Crippen molar-refractivity contribution in [2.75, 3.05) is 7.11 Å². The standard InChI is InChI=1S/C12H15NO2/c1-4-6-10-8-5-7-9(2)11(10)12(14)13-15-3/h4-5,7-8H,1,6H2,2-3H3,(H,13,14). The van der Waals surface area contributed by atoms with Crippen molar-refractivity contribution in [3.8, 4) is 0 Å². The lowest BCUT2D eigenvalue weighted by Crippen LogP contribution is -2.24. The summed E-state index contributed by atoms with van der Waals surface area (Å²) in [5.74, 6) is -0.215. The van der Waals surface area contributed by atoms with Gasteiger partial charge in [-0.25, -0.2) is 5.48 Å². The summed E-state index contributed by atoms with van der Waals surface area (Å²) in [6, 6.07) is 5.74. The van der Waals surface area contributed by atoms with Crippen LogP contribution in [0.4, 0.5) is 0 Å². The Bertz CT molecular complexity index is 372. The molecule has 80 valence electrons. The highest BCUT2D eigenvalue weighted by Gasteiger charge is 2.12. The van der Waals surface area contributed by atoms with E-state index in [1.54, 1.807) is 6.08 Å². The Morgan fingerprint density at radius 1 is 1.60 bits per heavy atom. The van der Waals surface area contributed by atoms with Gasteiger partial charge in [0, 0.05) is 5.56 Å². The van der Waals surface area contributed by atoms with E-state index < -0.39 is 0 Å². The number of carbonyl (C=O) groups excluding carboxylic acids is 1. The Balaban J connectivity index is 3.11. The second-order valence-electron chi connectivity index (χ2n) is 3.24. The van der Waals surface area contributed by atoms with Crippen molar-refractivity contribution in [3.05, 3.63) is 47.5 Å². The van der Waals surface area contributed by atoms with E-state index in [0.29, 0.717) is 12.0 Å². The quantitative estimate of drug-likeness (QED) is 0.603. The minimum absolute atomic E-state index is 0.215. The average Bonchev–Trinajstić information content (AvgIpc) is 2.18. The minimum Gasteiger partial charge on any atom is -0.277 e. The molecular weight excluding hydrogens is 190 g/mol. The third kappa shape index (κ3) is 2.67. The maximum absolute atomic E-state index is 11.7. The van der Waals surface area contributed by atoms with Crippen molar-refractivity contribution in [1.29, 1.82) is 0 Å². The summed E-state index contributed by atoms with van der Waals surface area (Å²) in [4.78, 5) is 16.3. The highest BCUT2D eigenvalue weighted by atomic mass is 16.6. The van der Waals surface area contributed by atoms with Gasteiger partial charge in [0.1, 0.15) is 0 Å². The Hall–Kier alpha value is -1.61. The number of hydroxylamine groups is 1. The smallest absolute Gasteiger partial charge is 0.275 e. The number of aryl methyl sites for hydroxylation is 1. The number of allylic oxidation sites excluding steroid dienone is 1. The molecule has 0 spiro atoms. The van der Waals surface area contributed by atoms with E-state index in [9.17, 15) is 4.79 Å². The molecule has 0 atom stereocenters. The normalized spacial score (nSPS) is 9.73. The molecule has 1 N–H and O–H groups in total. The topological polar surface area (TPSA) is 38.3 Å². The number of hydrogen-bond donors (Lipinski definition) is 1. The predicted molar refractivity (Wildman–Crippen MR) is 59.6 cm³/mol. The first-order valence-electron chi connectivity index (χ1n) is 4.73. The molecule has 0 unspecified atom stereocenters. The molecule has 0 aromatic heterocycles. The van der Waals surface area contributed by atoms with Crippen molar-refractivity contribution in [2.24, 2.45) is 0 Å². The molecule has 1 aromatic carbocycles. The summed E-state index contributed by atoms with van der Waals surface area (Å²) in [6.07, 6.45) is 2.45. The number of amides is 1. The van der Waals surface area contributed by atoms with Crippen LogP contribution in [0.25, 0.3) is 0 Å². The Labute approximate surface area is 89.7 Å². The molecule has 0 aliphatic rings. The van der Waals surface area contributed by atoms with Gasteiger partial charge in [-0.2, -0.15) is 0 Å². The van der Waals surface area contributed by atoms with Gasteiger partial charge >= 0.3 is 0 Å². The van der Waals surface area contributed by atoms with Crippen molar-refractivity contribution < 1.29 is 9.63 Å². The van der Waals surface area contributed by atoms with E-state index in [-0.39, 0.29) is 5.91 Å². The van der Waals surface area contributed by atoms with Gasteiger partial charge in [-0.1, -0.05) is 24.3 Å². The van der Waals surface area contributed by atoms with Crippen LogP contribution >= 0.6 is 0 Å². The zero-order chi connectivity index (χ0) is 11.3. The summed E-state index contributed by atoms with van der Waals surface area (Å²) < 4.78 is 0. The van der Waals surface area contributed by atoms with Gasteiger partial charge in [0.05, 0.1) is 7.11 Å². The second kappa shape index (κ2) is 5.32. The average molecular weight is 205 g/mol. The first kappa shape index (κ1) is 11.5. The molecule has 3 nitrogen and oxygen atoms in total. The predicted octanol–water partition coefficient (Wildman–Crippen LogP) is 2.01. The fourth-order valence-electron chi connectivity index (χ4n) is 1.52. The van der Waals surface area contributed by atoms with E-state index in [2.05, 4.69) is 16.9 Å². The molecule has 0 fully saturated rings. The van der Waals surface area contributed by atoms with Crippen LogP contribution in [0, 0.1) is 6.92 Å². The third-order valence-corrected chi connectivity index (χ3v) is 2.15. The van der Waals surface area contributed by atoms with Gasteiger partial charge in [-0.15, -0.1) is 6.58 Å². The summed E-state index contributed by atoms with van der Waals surface area (Å²) >= 11 is 0. The number of hydrogen-bond acceptors (Lipinski definition) is 2. The van der Waals surface area contributed by atoms with Crippen LogP contribution < -0.4 is 5.48 Å². The molecule has 1 amide bonds. The Morgan fingerprint density at radius 2 is 2.33 bits per heavy atom. The van der Waals surface area contributed by atoms with Crippen LogP contribution in [-0.4, -0.2) is 13.0 Å². The van der Waals surface area contributed by atoms with Gasteiger partial charge in [0.25, 0.3) is 5.91 Å². The number of carbonyl (C=O) groups is 1. The lowest BCUT2D eigenvalue weighted by atomic mass is 9.99. The molecule has 0 heterocycles.